The van der Waals surface area contributed by atoms with Crippen LogP contribution in [0.3, 0.4) is 0 Å². The third-order valence-corrected chi connectivity index (χ3v) is 3.37. The maximum Gasteiger partial charge on any atom is 0.161 e. The van der Waals surface area contributed by atoms with Gasteiger partial charge >= 0.3 is 0 Å². The number of hydrogen-bond acceptors (Lipinski definition) is 1. The van der Waals surface area contributed by atoms with Crippen molar-refractivity contribution in [1.82, 2.24) is 0 Å². The topological polar surface area (TPSA) is 12.0 Å². The van der Waals surface area contributed by atoms with Crippen molar-refractivity contribution in [2.24, 2.45) is 0 Å². The highest BCUT2D eigenvalue weighted by Gasteiger charge is 2.14. The second-order valence-corrected chi connectivity index (χ2v) is 4.65. The Morgan fingerprint density at radius 1 is 0.895 bits per heavy atom. The van der Waals surface area contributed by atoms with E-state index in [0.29, 0.717) is 11.6 Å². The van der Waals surface area contributed by atoms with Crippen molar-refractivity contribution in [3.63, 3.8) is 0 Å². The maximum atomic E-state index is 13.7. The van der Waals surface area contributed by atoms with Crippen LogP contribution in [0.1, 0.15) is 12.0 Å². The van der Waals surface area contributed by atoms with E-state index >= 15 is 0 Å². The van der Waals surface area contributed by atoms with Gasteiger partial charge in [-0.1, -0.05) is 12.1 Å². The predicted octanol–water partition coefficient (Wildman–Crippen LogP) is 4.13. The van der Waals surface area contributed by atoms with Crippen molar-refractivity contribution in [2.45, 2.75) is 12.8 Å². The molecule has 4 heteroatoms. The minimum Gasteiger partial charge on any atom is -0.385 e. The highest BCUT2D eigenvalue weighted by molar-refractivity contribution is 5.71. The van der Waals surface area contributed by atoms with Gasteiger partial charge in [-0.3, -0.25) is 0 Å². The molecule has 3 rings (SSSR count). The zero-order valence-electron chi connectivity index (χ0n) is 10.1. The lowest BCUT2D eigenvalue weighted by Gasteiger charge is -2.19. The first kappa shape index (κ1) is 12.1. The van der Waals surface area contributed by atoms with Gasteiger partial charge in [-0.05, 0) is 36.1 Å². The Morgan fingerprint density at radius 3 is 2.53 bits per heavy atom. The van der Waals surface area contributed by atoms with E-state index in [9.17, 15) is 13.2 Å². The summed E-state index contributed by atoms with van der Waals surface area (Å²) in [6.07, 6.45) is 2.04. The second-order valence-electron chi connectivity index (χ2n) is 4.65. The normalized spacial score (nSPS) is 13.8. The van der Waals surface area contributed by atoms with E-state index < -0.39 is 17.5 Å². The summed E-state index contributed by atoms with van der Waals surface area (Å²) in [5.41, 5.74) is 2.73. The number of hydrogen-bond donors (Lipinski definition) is 1. The van der Waals surface area contributed by atoms with Gasteiger partial charge in [0.1, 0.15) is 5.82 Å². The molecule has 0 spiro atoms. The predicted molar refractivity (Wildman–Crippen MR) is 68.6 cm³/mol. The zero-order chi connectivity index (χ0) is 13.4. The van der Waals surface area contributed by atoms with Gasteiger partial charge in [0.15, 0.2) is 11.6 Å². The first-order chi connectivity index (χ1) is 9.15. The number of halogens is 3. The van der Waals surface area contributed by atoms with Crippen LogP contribution in [0.2, 0.25) is 0 Å². The summed E-state index contributed by atoms with van der Waals surface area (Å²) in [4.78, 5) is 0. The lowest BCUT2D eigenvalue weighted by Crippen LogP contribution is -2.11. The Morgan fingerprint density at radius 2 is 1.68 bits per heavy atom. The Kier molecular flexibility index (Phi) is 2.93. The lowest BCUT2D eigenvalue weighted by atomic mass is 9.97. The number of nitrogens with one attached hydrogen (secondary N) is 1. The molecule has 1 nitrogen and oxygen atoms in total. The number of fused-ring (bicyclic) bond motifs is 1. The second kappa shape index (κ2) is 4.61. The van der Waals surface area contributed by atoms with E-state index in [-0.39, 0.29) is 5.56 Å². The molecule has 1 heterocycles. The van der Waals surface area contributed by atoms with Crippen LogP contribution in [-0.2, 0) is 6.42 Å². The number of aryl methyl sites for hydroxylation is 1. The fraction of sp³-hybridized carbons (Fsp3) is 0.200. The Hall–Kier alpha value is -1.97. The molecular weight excluding hydrogens is 251 g/mol. The van der Waals surface area contributed by atoms with E-state index in [1.165, 1.54) is 0 Å². The third-order valence-electron chi connectivity index (χ3n) is 3.37. The van der Waals surface area contributed by atoms with Crippen molar-refractivity contribution in [2.75, 3.05) is 11.9 Å². The number of benzene rings is 2. The van der Waals surface area contributed by atoms with Crippen molar-refractivity contribution < 1.29 is 13.2 Å². The van der Waals surface area contributed by atoms with Gasteiger partial charge in [0.2, 0.25) is 0 Å². The van der Waals surface area contributed by atoms with Crippen molar-refractivity contribution in [1.29, 1.82) is 0 Å². The molecular formula is C15H12F3N. The molecule has 0 radical (unpaired) electrons. The Bertz CT molecular complexity index is 638. The van der Waals surface area contributed by atoms with Gasteiger partial charge in [0.05, 0.1) is 0 Å². The summed E-state index contributed by atoms with van der Waals surface area (Å²) in [5, 5.41) is 3.23. The molecule has 0 fully saturated rings. The molecule has 0 unspecified atom stereocenters. The molecule has 0 aliphatic carbocycles. The molecule has 0 atom stereocenters. The van der Waals surface area contributed by atoms with Crippen LogP contribution in [0.5, 0.6) is 0 Å². The molecule has 98 valence electrons. The molecule has 2 aromatic rings. The highest BCUT2D eigenvalue weighted by Crippen LogP contribution is 2.31. The molecule has 1 aliphatic heterocycles. The third kappa shape index (κ3) is 2.18. The molecule has 1 aliphatic rings. The fourth-order valence-corrected chi connectivity index (χ4v) is 2.37. The van der Waals surface area contributed by atoms with Gasteiger partial charge in [-0.15, -0.1) is 0 Å². The van der Waals surface area contributed by atoms with E-state index in [4.69, 9.17) is 0 Å². The van der Waals surface area contributed by atoms with Crippen LogP contribution in [0.25, 0.3) is 11.1 Å². The molecule has 0 amide bonds. The zero-order valence-corrected chi connectivity index (χ0v) is 10.1. The smallest absolute Gasteiger partial charge is 0.161 e. The summed E-state index contributed by atoms with van der Waals surface area (Å²) in [7, 11) is 0. The van der Waals surface area contributed by atoms with Crippen LogP contribution in [0.4, 0.5) is 18.9 Å². The van der Waals surface area contributed by atoms with Gasteiger partial charge in [0.25, 0.3) is 0 Å². The van der Waals surface area contributed by atoms with Gasteiger partial charge in [-0.2, -0.15) is 0 Å². The van der Waals surface area contributed by atoms with Gasteiger partial charge in [0, 0.05) is 23.9 Å². The van der Waals surface area contributed by atoms with Crippen LogP contribution < -0.4 is 5.32 Å². The number of rotatable bonds is 1. The molecule has 0 bridgehead atoms. The quantitative estimate of drug-likeness (QED) is 0.763. The molecule has 1 N–H and O–H groups in total. The first-order valence-electron chi connectivity index (χ1n) is 6.17. The summed E-state index contributed by atoms with van der Waals surface area (Å²) in [6, 6.07) is 6.90. The molecule has 2 aromatic carbocycles. The summed E-state index contributed by atoms with van der Waals surface area (Å²) in [5.74, 6) is -2.96. The van der Waals surface area contributed by atoms with Gasteiger partial charge in [-0.25, -0.2) is 13.2 Å². The Labute approximate surface area is 109 Å². The molecule has 0 aromatic heterocycles. The molecule has 19 heavy (non-hydrogen) atoms. The van der Waals surface area contributed by atoms with E-state index in [2.05, 4.69) is 5.32 Å². The fourth-order valence-electron chi connectivity index (χ4n) is 2.37. The average Bonchev–Trinajstić information content (AvgIpc) is 2.42. The maximum absolute atomic E-state index is 13.7. The van der Waals surface area contributed by atoms with E-state index in [1.54, 1.807) is 12.1 Å². The van der Waals surface area contributed by atoms with Crippen LogP contribution in [0.15, 0.2) is 30.3 Å². The monoisotopic (exact) mass is 263 g/mol. The lowest BCUT2D eigenvalue weighted by molar-refractivity contribution is 0.496. The molecule has 0 saturated heterocycles. The standard InChI is InChI=1S/C15H12F3N/c16-12-8-14(18)13(17)7-11(12)10-4-3-9-2-1-5-19-15(9)6-10/h3-4,6-8,19H,1-2,5H2. The average molecular weight is 263 g/mol. The minimum atomic E-state index is -1.17. The highest BCUT2D eigenvalue weighted by atomic mass is 19.2. The molecule has 0 saturated carbocycles. The van der Waals surface area contributed by atoms with E-state index in [0.717, 1.165) is 36.7 Å². The first-order valence-corrected chi connectivity index (χ1v) is 6.17. The van der Waals surface area contributed by atoms with Crippen molar-refractivity contribution in [3.05, 3.63) is 53.3 Å². The summed E-state index contributed by atoms with van der Waals surface area (Å²) < 4.78 is 39.9. The van der Waals surface area contributed by atoms with Crippen LogP contribution >= 0.6 is 0 Å². The van der Waals surface area contributed by atoms with Crippen LogP contribution in [-0.4, -0.2) is 6.54 Å². The minimum absolute atomic E-state index is 0.0778. The largest absolute Gasteiger partial charge is 0.385 e. The van der Waals surface area contributed by atoms with Gasteiger partial charge < -0.3 is 5.32 Å². The van der Waals surface area contributed by atoms with Crippen molar-refractivity contribution in [3.8, 4) is 11.1 Å². The Balaban J connectivity index is 2.09. The summed E-state index contributed by atoms with van der Waals surface area (Å²) >= 11 is 0. The summed E-state index contributed by atoms with van der Waals surface area (Å²) in [6.45, 7) is 0.872. The van der Waals surface area contributed by atoms with E-state index in [1.807, 2.05) is 6.07 Å². The van der Waals surface area contributed by atoms with Crippen molar-refractivity contribution >= 4 is 5.69 Å². The SMILES string of the molecule is Fc1cc(F)c(-c2ccc3c(c2)NCCC3)cc1F. The number of anilines is 1. The van der Waals surface area contributed by atoms with Crippen LogP contribution in [0, 0.1) is 17.5 Å².